The number of carbonyl (C=O) groups is 2. The van der Waals surface area contributed by atoms with E-state index in [9.17, 15) is 18.0 Å². The van der Waals surface area contributed by atoms with Crippen molar-refractivity contribution in [1.82, 2.24) is 0 Å². The second kappa shape index (κ2) is 7.23. The molecule has 0 radical (unpaired) electrons. The van der Waals surface area contributed by atoms with Crippen molar-refractivity contribution in [3.8, 4) is 0 Å². The van der Waals surface area contributed by atoms with Gasteiger partial charge in [-0.1, -0.05) is 12.1 Å². The van der Waals surface area contributed by atoms with Crippen LogP contribution in [-0.4, -0.2) is 38.4 Å². The summed E-state index contributed by atoms with van der Waals surface area (Å²) >= 11 is 3.29. The standard InChI is InChI=1S/C14H16BrNO5S/c15-11-3-1-2-4-12(11)16-13(17)8-21-14(18)7-10-5-6-22(19,20)9-10/h1-4,10H,5-9H2,(H,16,17). The molecule has 1 heterocycles. The van der Waals surface area contributed by atoms with E-state index in [2.05, 4.69) is 21.2 Å². The third kappa shape index (κ3) is 5.10. The van der Waals surface area contributed by atoms with Crippen molar-refractivity contribution in [1.29, 1.82) is 0 Å². The number of amides is 1. The van der Waals surface area contributed by atoms with Crippen molar-refractivity contribution in [3.63, 3.8) is 0 Å². The Hall–Kier alpha value is -1.41. The van der Waals surface area contributed by atoms with E-state index in [1.54, 1.807) is 18.2 Å². The SMILES string of the molecule is O=C(COC(=O)CC1CCS(=O)(=O)C1)Nc1ccccc1Br. The molecule has 0 bridgehead atoms. The van der Waals surface area contributed by atoms with Gasteiger partial charge in [0.15, 0.2) is 16.4 Å². The number of rotatable bonds is 5. The lowest BCUT2D eigenvalue weighted by Gasteiger charge is -2.09. The minimum absolute atomic E-state index is 0.0191. The van der Waals surface area contributed by atoms with Crippen LogP contribution in [-0.2, 0) is 24.2 Å². The Bertz CT molecular complexity index is 674. The van der Waals surface area contributed by atoms with Crippen molar-refractivity contribution in [3.05, 3.63) is 28.7 Å². The van der Waals surface area contributed by atoms with Crippen LogP contribution >= 0.6 is 15.9 Å². The van der Waals surface area contributed by atoms with Crippen molar-refractivity contribution in [2.24, 2.45) is 5.92 Å². The summed E-state index contributed by atoms with van der Waals surface area (Å²) in [6, 6.07) is 7.08. The summed E-state index contributed by atoms with van der Waals surface area (Å²) < 4.78 is 28.2. The van der Waals surface area contributed by atoms with Gasteiger partial charge in [-0.05, 0) is 40.4 Å². The largest absolute Gasteiger partial charge is 0.456 e. The fourth-order valence-corrected chi connectivity index (χ4v) is 4.47. The molecule has 22 heavy (non-hydrogen) atoms. The molecule has 0 saturated carbocycles. The van der Waals surface area contributed by atoms with Crippen LogP contribution in [0.5, 0.6) is 0 Å². The van der Waals surface area contributed by atoms with E-state index in [1.807, 2.05) is 6.07 Å². The number of benzene rings is 1. The molecule has 120 valence electrons. The van der Waals surface area contributed by atoms with Gasteiger partial charge >= 0.3 is 5.97 Å². The number of carbonyl (C=O) groups excluding carboxylic acids is 2. The van der Waals surface area contributed by atoms with Crippen molar-refractivity contribution in [2.75, 3.05) is 23.4 Å². The second-order valence-electron chi connectivity index (χ2n) is 5.16. The van der Waals surface area contributed by atoms with E-state index < -0.39 is 21.7 Å². The first-order valence-corrected chi connectivity index (χ1v) is 9.37. The van der Waals surface area contributed by atoms with Gasteiger partial charge in [-0.3, -0.25) is 9.59 Å². The molecule has 2 rings (SSSR count). The molecule has 1 aliphatic rings. The first kappa shape index (κ1) is 17.0. The van der Waals surface area contributed by atoms with Gasteiger partial charge in [-0.15, -0.1) is 0 Å². The van der Waals surface area contributed by atoms with Crippen LogP contribution in [0, 0.1) is 5.92 Å². The number of para-hydroxylation sites is 1. The maximum absolute atomic E-state index is 11.7. The highest BCUT2D eigenvalue weighted by Gasteiger charge is 2.29. The first-order chi connectivity index (χ1) is 10.4. The fraction of sp³-hybridized carbons (Fsp3) is 0.429. The molecule has 0 aromatic heterocycles. The lowest BCUT2D eigenvalue weighted by atomic mass is 10.1. The van der Waals surface area contributed by atoms with Crippen molar-refractivity contribution < 1.29 is 22.7 Å². The third-order valence-corrected chi connectivity index (χ3v) is 5.82. The predicted molar refractivity (Wildman–Crippen MR) is 85.1 cm³/mol. The summed E-state index contributed by atoms with van der Waals surface area (Å²) in [6.45, 7) is -0.389. The number of hydrogen-bond acceptors (Lipinski definition) is 5. The molecule has 1 aromatic carbocycles. The lowest BCUT2D eigenvalue weighted by molar-refractivity contribution is -0.148. The number of ether oxygens (including phenoxy) is 1. The van der Waals surface area contributed by atoms with E-state index in [4.69, 9.17) is 4.74 Å². The average Bonchev–Trinajstić information content (AvgIpc) is 2.78. The van der Waals surface area contributed by atoms with Crippen LogP contribution in [0.3, 0.4) is 0 Å². The summed E-state index contributed by atoms with van der Waals surface area (Å²) in [5, 5.41) is 2.61. The Kier molecular flexibility index (Phi) is 5.57. The van der Waals surface area contributed by atoms with E-state index in [0.717, 1.165) is 4.47 Å². The highest BCUT2D eigenvalue weighted by Crippen LogP contribution is 2.22. The third-order valence-electron chi connectivity index (χ3n) is 3.29. The van der Waals surface area contributed by atoms with Crippen molar-refractivity contribution >= 4 is 43.3 Å². The van der Waals surface area contributed by atoms with Crippen LogP contribution in [0.15, 0.2) is 28.7 Å². The predicted octanol–water partition coefficient (Wildman–Crippen LogP) is 1.76. The molecule has 6 nitrogen and oxygen atoms in total. The van der Waals surface area contributed by atoms with Gasteiger partial charge in [0.25, 0.3) is 5.91 Å². The molecule has 1 unspecified atom stereocenters. The zero-order chi connectivity index (χ0) is 16.2. The van der Waals surface area contributed by atoms with Crippen LogP contribution < -0.4 is 5.32 Å². The van der Waals surface area contributed by atoms with Crippen molar-refractivity contribution in [2.45, 2.75) is 12.8 Å². The van der Waals surface area contributed by atoms with Gasteiger partial charge < -0.3 is 10.1 Å². The quantitative estimate of drug-likeness (QED) is 0.774. The second-order valence-corrected chi connectivity index (χ2v) is 8.24. The average molecular weight is 390 g/mol. The normalized spacial score (nSPS) is 19.6. The summed E-state index contributed by atoms with van der Waals surface area (Å²) in [5.74, 6) is -1.06. The zero-order valence-corrected chi connectivity index (χ0v) is 14.2. The first-order valence-electron chi connectivity index (χ1n) is 6.76. The Balaban J connectivity index is 1.74. The van der Waals surface area contributed by atoms with E-state index in [0.29, 0.717) is 12.1 Å². The monoisotopic (exact) mass is 389 g/mol. The van der Waals surface area contributed by atoms with Gasteiger partial charge in [0.05, 0.1) is 17.2 Å². The molecule has 1 fully saturated rings. The van der Waals surface area contributed by atoms with Gasteiger partial charge in [0.1, 0.15) is 0 Å². The Morgan fingerprint density at radius 3 is 2.68 bits per heavy atom. The smallest absolute Gasteiger partial charge is 0.306 e. The van der Waals surface area contributed by atoms with Gasteiger partial charge in [-0.25, -0.2) is 8.42 Å². The maximum atomic E-state index is 11.7. The van der Waals surface area contributed by atoms with Crippen LogP contribution in [0.1, 0.15) is 12.8 Å². The molecule has 0 aliphatic carbocycles. The molecule has 1 N–H and O–H groups in total. The number of hydrogen-bond donors (Lipinski definition) is 1. The number of anilines is 1. The topological polar surface area (TPSA) is 89.5 Å². The Morgan fingerprint density at radius 1 is 1.32 bits per heavy atom. The Morgan fingerprint density at radius 2 is 2.05 bits per heavy atom. The highest BCUT2D eigenvalue weighted by atomic mass is 79.9. The summed E-state index contributed by atoms with van der Waals surface area (Å²) in [6.07, 6.45) is 0.502. The number of esters is 1. The molecular weight excluding hydrogens is 374 g/mol. The molecule has 1 aromatic rings. The summed E-state index contributed by atoms with van der Waals surface area (Å²) in [7, 11) is -3.01. The van der Waals surface area contributed by atoms with Crippen LogP contribution in [0.2, 0.25) is 0 Å². The van der Waals surface area contributed by atoms with Crippen LogP contribution in [0.25, 0.3) is 0 Å². The van der Waals surface area contributed by atoms with Gasteiger partial charge in [-0.2, -0.15) is 0 Å². The molecule has 8 heteroatoms. The van der Waals surface area contributed by atoms with E-state index in [-0.39, 0.29) is 30.5 Å². The molecular formula is C14H16BrNO5S. The minimum atomic E-state index is -3.01. The molecule has 0 spiro atoms. The molecule has 1 atom stereocenters. The fourth-order valence-electron chi connectivity index (χ4n) is 2.22. The van der Waals surface area contributed by atoms with Gasteiger partial charge in [0, 0.05) is 10.9 Å². The van der Waals surface area contributed by atoms with Gasteiger partial charge in [0.2, 0.25) is 0 Å². The highest BCUT2D eigenvalue weighted by molar-refractivity contribution is 9.10. The number of sulfone groups is 1. The van der Waals surface area contributed by atoms with Crippen LogP contribution in [0.4, 0.5) is 5.69 Å². The maximum Gasteiger partial charge on any atom is 0.306 e. The molecule has 1 saturated heterocycles. The van der Waals surface area contributed by atoms with E-state index in [1.165, 1.54) is 0 Å². The summed E-state index contributed by atoms with van der Waals surface area (Å²) in [5.41, 5.74) is 0.588. The Labute approximate surface area is 137 Å². The molecule has 1 aliphatic heterocycles. The van der Waals surface area contributed by atoms with E-state index >= 15 is 0 Å². The summed E-state index contributed by atoms with van der Waals surface area (Å²) in [4.78, 5) is 23.3. The lowest BCUT2D eigenvalue weighted by Crippen LogP contribution is -2.22. The number of nitrogens with one attached hydrogen (secondary N) is 1. The number of halogens is 1. The minimum Gasteiger partial charge on any atom is -0.456 e. The zero-order valence-electron chi connectivity index (χ0n) is 11.7. The molecule has 1 amide bonds.